The molecule has 0 N–H and O–H groups in total. The van der Waals surface area contributed by atoms with Gasteiger partial charge < -0.3 is 0 Å². The molecule has 6 aliphatic rings. The third kappa shape index (κ3) is 5.75. The van der Waals surface area contributed by atoms with E-state index in [1.54, 1.807) is 11.1 Å². The van der Waals surface area contributed by atoms with Crippen LogP contribution in [0, 0.1) is 22.7 Å². The van der Waals surface area contributed by atoms with Crippen LogP contribution in [0.5, 0.6) is 0 Å². The molecule has 0 radical (unpaired) electrons. The molecule has 0 aromatic heterocycles. The first-order valence-corrected chi connectivity index (χ1v) is 39.6. The summed E-state index contributed by atoms with van der Waals surface area (Å²) in [6.07, 6.45) is 21.4. The van der Waals surface area contributed by atoms with E-state index in [9.17, 15) is 17.0 Å². The van der Waals surface area contributed by atoms with Gasteiger partial charge in [0.05, 0.1) is 0 Å². The van der Waals surface area contributed by atoms with Gasteiger partial charge in [-0.3, -0.25) is 0 Å². The van der Waals surface area contributed by atoms with Crippen LogP contribution in [0.4, 0.5) is 0 Å². The Morgan fingerprint density at radius 3 is 1.28 bits per heavy atom. The number of allylic oxidation sites excluding steroid dienone is 2. The molecule has 4 heteroatoms. The normalized spacial score (nSPS) is 28.3. The molecule has 0 nitrogen and oxygen atoms in total. The Balaban J connectivity index is 1.09. The molecule has 2 atom stereocenters. The summed E-state index contributed by atoms with van der Waals surface area (Å²) < 4.78 is 0.219. The van der Waals surface area contributed by atoms with Gasteiger partial charge >= 0.3 is 369 Å². The van der Waals surface area contributed by atoms with E-state index in [1.165, 1.54) is 130 Å². The maximum absolute atomic E-state index is 9.30. The summed E-state index contributed by atoms with van der Waals surface area (Å²) >= 11 is -5.12. The SMILES string of the molecule is C[SiH](C)[Zr]([Cl])([Cl])([CH]1C(CC23CCC(CC2)C3)=Cc2c(-c3cccc4ccccc34)cccc21)[CH]1C(CC23CCC(CC2)C3)=Cc2c(-c3cccc4ccccc34)cccc21. The number of hydrogen-bond donors (Lipinski definition) is 0. The van der Waals surface area contributed by atoms with E-state index in [-0.39, 0.29) is 7.25 Å². The van der Waals surface area contributed by atoms with Crippen LogP contribution >= 0.6 is 17.0 Å². The molecule has 4 bridgehead atoms. The molecule has 2 unspecified atom stereocenters. The van der Waals surface area contributed by atoms with Crippen LogP contribution in [0.2, 0.25) is 13.1 Å². The molecule has 60 heavy (non-hydrogen) atoms. The monoisotopic (exact) mass is 917 g/mol. The second-order valence-corrected chi connectivity index (χ2v) is 63.5. The summed E-state index contributed by atoms with van der Waals surface area (Å²) in [7, 11) is 18.6. The number of fused-ring (bicyclic) bond motifs is 8. The summed E-state index contributed by atoms with van der Waals surface area (Å²) in [5.41, 5.74) is 15.0. The molecular weight excluding hydrogens is 863 g/mol. The van der Waals surface area contributed by atoms with Crippen molar-refractivity contribution in [3.8, 4) is 22.3 Å². The molecule has 303 valence electrons. The Morgan fingerprint density at radius 2 is 0.883 bits per heavy atom. The van der Waals surface area contributed by atoms with Crippen LogP contribution in [-0.4, -0.2) is 5.92 Å². The van der Waals surface area contributed by atoms with Crippen molar-refractivity contribution in [2.75, 3.05) is 0 Å². The van der Waals surface area contributed by atoms with E-state index < -0.39 is 21.5 Å². The summed E-state index contributed by atoms with van der Waals surface area (Å²) in [6.45, 7) is 5.14. The Kier molecular flexibility index (Phi) is 9.02. The van der Waals surface area contributed by atoms with Gasteiger partial charge in [0.15, 0.2) is 0 Å². The third-order valence-electron chi connectivity index (χ3n) is 17.6. The predicted octanol–water partition coefficient (Wildman–Crippen LogP) is 16.8. The average Bonchev–Trinajstić information content (AvgIpc) is 4.14. The van der Waals surface area contributed by atoms with Crippen LogP contribution in [0.25, 0.3) is 56.0 Å². The molecule has 0 spiro atoms. The van der Waals surface area contributed by atoms with Crippen LogP contribution in [0.1, 0.15) is 107 Å². The van der Waals surface area contributed by atoms with Gasteiger partial charge in [-0.25, -0.2) is 0 Å². The number of hydrogen-bond acceptors (Lipinski definition) is 0. The van der Waals surface area contributed by atoms with Gasteiger partial charge in [-0.1, -0.05) is 0 Å². The molecule has 12 rings (SSSR count). The summed E-state index contributed by atoms with van der Waals surface area (Å²) in [5.74, 6) is 0.0465. The van der Waals surface area contributed by atoms with Crippen molar-refractivity contribution in [1.29, 1.82) is 0 Å². The van der Waals surface area contributed by atoms with E-state index in [1.807, 2.05) is 0 Å². The van der Waals surface area contributed by atoms with Crippen LogP contribution < -0.4 is 0 Å². The van der Waals surface area contributed by atoms with E-state index in [2.05, 4.69) is 147 Å². The van der Waals surface area contributed by atoms with Crippen LogP contribution in [-0.2, 0) is 15.6 Å². The molecule has 6 aromatic rings. The predicted molar refractivity (Wildman–Crippen MR) is 258 cm³/mol. The minimum absolute atomic E-state index is 0.110. The Labute approximate surface area is 366 Å². The van der Waals surface area contributed by atoms with Gasteiger partial charge in [-0.2, -0.15) is 0 Å². The van der Waals surface area contributed by atoms with Gasteiger partial charge in [0.25, 0.3) is 0 Å². The maximum atomic E-state index is 9.30. The summed E-state index contributed by atoms with van der Waals surface area (Å²) in [6, 6.07) is 46.0. The van der Waals surface area contributed by atoms with E-state index in [4.69, 9.17) is 0 Å². The quantitative estimate of drug-likeness (QED) is 0.127. The molecule has 0 amide bonds. The summed E-state index contributed by atoms with van der Waals surface area (Å²) in [5, 5.41) is 5.23. The molecular formula is C56H57Cl2SiZr. The van der Waals surface area contributed by atoms with Gasteiger partial charge in [0, 0.05) is 0 Å². The Hall–Kier alpha value is -3.00. The first-order valence-electron chi connectivity index (χ1n) is 23.3. The number of benzene rings is 6. The van der Waals surface area contributed by atoms with Gasteiger partial charge in [0.1, 0.15) is 0 Å². The zero-order valence-electron chi connectivity index (χ0n) is 35.3. The molecule has 6 aliphatic carbocycles. The van der Waals surface area contributed by atoms with Crippen molar-refractivity contribution in [1.82, 2.24) is 0 Å². The zero-order chi connectivity index (χ0) is 40.5. The topological polar surface area (TPSA) is 0 Å². The van der Waals surface area contributed by atoms with Crippen molar-refractivity contribution in [2.24, 2.45) is 22.7 Å². The summed E-state index contributed by atoms with van der Waals surface area (Å²) in [4.78, 5) is 0. The van der Waals surface area contributed by atoms with Crippen molar-refractivity contribution in [3.63, 3.8) is 0 Å². The number of halogens is 2. The first-order chi connectivity index (χ1) is 29.1. The fourth-order valence-corrected chi connectivity index (χ4v) is 46.0. The van der Waals surface area contributed by atoms with Crippen molar-refractivity contribution >= 4 is 56.6 Å². The van der Waals surface area contributed by atoms with E-state index >= 15 is 0 Å². The standard InChI is InChI=1S/2C27H25.C2H7Si.2ClH.Zr/c2*1-2-8-23-21(5-1)6-3-9-24(23)25-10-4-7-22-15-20(16-26(22)25)18-27-13-11-19(17-27)12-14-27;1-3-2;;;/h2*1-10,15-16,19H,11-14,17-18H2;3H,1-2H3;2*1H;/q;;;;;+2/p-2. The fraction of sp³-hybridized carbons (Fsp3) is 0.357. The van der Waals surface area contributed by atoms with Crippen molar-refractivity contribution in [2.45, 2.75) is 97.4 Å². The van der Waals surface area contributed by atoms with Crippen LogP contribution in [0.3, 0.4) is 0 Å². The Bertz CT molecular complexity index is 2600. The Morgan fingerprint density at radius 1 is 0.500 bits per heavy atom. The van der Waals surface area contributed by atoms with Crippen molar-refractivity contribution < 1.29 is 15.6 Å². The van der Waals surface area contributed by atoms with E-state index in [0.717, 1.165) is 24.7 Å². The molecule has 0 heterocycles. The van der Waals surface area contributed by atoms with Crippen LogP contribution in [0.15, 0.2) is 132 Å². The number of rotatable bonds is 9. The zero-order valence-corrected chi connectivity index (χ0v) is 40.5. The van der Waals surface area contributed by atoms with Crippen molar-refractivity contribution in [3.05, 3.63) is 155 Å². The second-order valence-electron chi connectivity index (χ2n) is 21.0. The van der Waals surface area contributed by atoms with E-state index in [0.29, 0.717) is 10.8 Å². The molecule has 4 saturated carbocycles. The minimum atomic E-state index is -5.12. The molecule has 0 aliphatic heterocycles. The first kappa shape index (κ1) is 38.7. The van der Waals surface area contributed by atoms with Gasteiger partial charge in [0.2, 0.25) is 0 Å². The van der Waals surface area contributed by atoms with Gasteiger partial charge in [-0.05, 0) is 0 Å². The second kappa shape index (κ2) is 14.0. The molecule has 4 fully saturated rings. The molecule has 0 saturated heterocycles. The van der Waals surface area contributed by atoms with Gasteiger partial charge in [-0.15, -0.1) is 0 Å². The third-order valence-corrected chi connectivity index (χ3v) is 69.5. The average molecular weight is 920 g/mol. The fourth-order valence-electron chi connectivity index (χ4n) is 14.7. The molecule has 6 aromatic carbocycles.